The highest BCUT2D eigenvalue weighted by molar-refractivity contribution is 6.15. The van der Waals surface area contributed by atoms with E-state index in [9.17, 15) is 0 Å². The molecule has 3 aliphatic carbocycles. The molecule has 3 aliphatic rings. The molecule has 0 unspecified atom stereocenters. The van der Waals surface area contributed by atoms with Crippen molar-refractivity contribution in [2.45, 2.75) is 12.8 Å². The summed E-state index contributed by atoms with van der Waals surface area (Å²) in [6.45, 7) is 0. The predicted molar refractivity (Wildman–Crippen MR) is 216 cm³/mol. The van der Waals surface area contributed by atoms with E-state index in [-0.39, 0.29) is 0 Å². The second-order valence-electron chi connectivity index (χ2n) is 14.0. The predicted octanol–water partition coefficient (Wildman–Crippen LogP) is 13.9. The van der Waals surface area contributed by atoms with Gasteiger partial charge < -0.3 is 4.90 Å². The maximum absolute atomic E-state index is 2.47. The van der Waals surface area contributed by atoms with Crippen LogP contribution in [0.2, 0.25) is 0 Å². The molecule has 8 aromatic rings. The average molecular weight is 648 g/mol. The van der Waals surface area contributed by atoms with E-state index in [0.29, 0.717) is 0 Å². The van der Waals surface area contributed by atoms with Crippen LogP contribution in [0.5, 0.6) is 0 Å². The van der Waals surface area contributed by atoms with Gasteiger partial charge in [0.1, 0.15) is 0 Å². The second-order valence-corrected chi connectivity index (χ2v) is 14.0. The van der Waals surface area contributed by atoms with Gasteiger partial charge in [-0.25, -0.2) is 0 Å². The van der Waals surface area contributed by atoms with Gasteiger partial charge in [0.25, 0.3) is 0 Å². The summed E-state index contributed by atoms with van der Waals surface area (Å²) in [5.41, 5.74) is 21.8. The van der Waals surface area contributed by atoms with Crippen molar-refractivity contribution < 1.29 is 0 Å². The van der Waals surface area contributed by atoms with E-state index in [0.717, 1.165) is 24.2 Å². The fraction of sp³-hybridized carbons (Fsp3) is 0.0400. The Morgan fingerprint density at radius 1 is 0.392 bits per heavy atom. The van der Waals surface area contributed by atoms with Gasteiger partial charge in [0.2, 0.25) is 0 Å². The van der Waals surface area contributed by atoms with Crippen molar-refractivity contribution in [3.63, 3.8) is 0 Å². The molecule has 0 fully saturated rings. The largest absolute Gasteiger partial charge is 0.310 e. The minimum Gasteiger partial charge on any atom is -0.310 e. The van der Waals surface area contributed by atoms with E-state index in [1.54, 1.807) is 0 Å². The number of aryl methyl sites for hydroxylation is 1. The smallest absolute Gasteiger partial charge is 0.0536 e. The summed E-state index contributed by atoms with van der Waals surface area (Å²) >= 11 is 0. The van der Waals surface area contributed by atoms with Crippen molar-refractivity contribution in [2.24, 2.45) is 0 Å². The normalized spacial score (nSPS) is 12.9. The fourth-order valence-corrected chi connectivity index (χ4v) is 8.88. The number of fused-ring (bicyclic) bond motifs is 6. The Balaban J connectivity index is 1.13. The lowest BCUT2D eigenvalue weighted by atomic mass is 9.83. The van der Waals surface area contributed by atoms with Crippen LogP contribution in [0.15, 0.2) is 170 Å². The van der Waals surface area contributed by atoms with Gasteiger partial charge >= 0.3 is 0 Å². The number of nitrogens with zero attached hydrogens (tertiary/aromatic N) is 1. The van der Waals surface area contributed by atoms with E-state index < -0.39 is 0 Å². The van der Waals surface area contributed by atoms with Gasteiger partial charge in [-0.2, -0.15) is 0 Å². The standard InChI is InChI=1S/C50H33N/c1-2-12-35-30-36(23-22-32(35)10-1)33-24-26-37(27-25-33)51(48-21-7-13-34-11-3-4-14-39(34)48)38-28-29-41-44-18-9-19-45-46-20-8-17-43(50(46)47(41)31-38)40-15-5-6-16-42(40)49(44)45/h1-2,4-10,12-31H,3,11H2. The van der Waals surface area contributed by atoms with Crippen LogP contribution in [0.3, 0.4) is 0 Å². The van der Waals surface area contributed by atoms with Crippen molar-refractivity contribution in [3.05, 3.63) is 181 Å². The van der Waals surface area contributed by atoms with E-state index in [2.05, 4.69) is 181 Å². The number of benzene rings is 8. The zero-order valence-corrected chi connectivity index (χ0v) is 28.1. The maximum atomic E-state index is 2.47. The van der Waals surface area contributed by atoms with Gasteiger partial charge in [-0.15, -0.1) is 0 Å². The van der Waals surface area contributed by atoms with Gasteiger partial charge in [0, 0.05) is 16.9 Å². The number of rotatable bonds is 4. The molecule has 0 amide bonds. The van der Waals surface area contributed by atoms with Crippen molar-refractivity contribution in [1.29, 1.82) is 0 Å². The first-order valence-electron chi connectivity index (χ1n) is 18.0. The van der Waals surface area contributed by atoms with Crippen LogP contribution >= 0.6 is 0 Å². The van der Waals surface area contributed by atoms with E-state index >= 15 is 0 Å². The SMILES string of the molecule is C1=Cc2c(cccc2N(c2ccc(-c3ccc4ccccc4c3)cc2)c2ccc3c(c2)-c2c4cccc2-c2cccc-3c2-c2ccccc2-4)CC1. The highest BCUT2D eigenvalue weighted by Gasteiger charge is 2.31. The van der Waals surface area contributed by atoms with Gasteiger partial charge in [-0.05, 0) is 132 Å². The number of anilines is 3. The quantitative estimate of drug-likeness (QED) is 0.184. The molecule has 6 bridgehead atoms. The molecule has 0 spiro atoms. The van der Waals surface area contributed by atoms with Crippen LogP contribution in [-0.4, -0.2) is 0 Å². The zero-order valence-electron chi connectivity index (χ0n) is 28.1. The van der Waals surface area contributed by atoms with Crippen molar-refractivity contribution >= 4 is 33.9 Å². The van der Waals surface area contributed by atoms with Gasteiger partial charge in [-0.1, -0.05) is 140 Å². The van der Waals surface area contributed by atoms with Crippen molar-refractivity contribution in [1.82, 2.24) is 0 Å². The van der Waals surface area contributed by atoms with Crippen LogP contribution in [0.25, 0.3) is 83.6 Å². The van der Waals surface area contributed by atoms with E-state index in [1.807, 2.05) is 0 Å². The van der Waals surface area contributed by atoms with Crippen LogP contribution in [0.4, 0.5) is 17.1 Å². The summed E-state index contributed by atoms with van der Waals surface area (Å²) in [7, 11) is 0. The third-order valence-corrected chi connectivity index (χ3v) is 11.2. The first kappa shape index (κ1) is 28.4. The number of hydrogen-bond donors (Lipinski definition) is 0. The molecule has 238 valence electrons. The number of hydrogen-bond acceptors (Lipinski definition) is 1. The fourth-order valence-electron chi connectivity index (χ4n) is 8.88. The summed E-state index contributed by atoms with van der Waals surface area (Å²) in [4.78, 5) is 2.47. The third-order valence-electron chi connectivity index (χ3n) is 11.2. The highest BCUT2D eigenvalue weighted by Crippen LogP contribution is 2.57. The third kappa shape index (κ3) is 4.28. The van der Waals surface area contributed by atoms with Gasteiger partial charge in [0.05, 0.1) is 5.69 Å². The van der Waals surface area contributed by atoms with Gasteiger partial charge in [-0.3, -0.25) is 0 Å². The molecular formula is C50H33N. The maximum Gasteiger partial charge on any atom is 0.0536 e. The Hall–Kier alpha value is -6.44. The molecule has 11 rings (SSSR count). The molecule has 0 saturated heterocycles. The molecule has 0 aromatic heterocycles. The molecule has 0 N–H and O–H groups in total. The molecule has 0 saturated carbocycles. The Labute approximate surface area is 298 Å². The molecule has 0 heterocycles. The molecule has 8 aromatic carbocycles. The van der Waals surface area contributed by atoms with Crippen LogP contribution in [0, 0.1) is 0 Å². The Morgan fingerprint density at radius 2 is 1.00 bits per heavy atom. The summed E-state index contributed by atoms with van der Waals surface area (Å²) in [5, 5.41) is 2.53. The first-order valence-corrected chi connectivity index (χ1v) is 18.0. The molecule has 0 aliphatic heterocycles. The van der Waals surface area contributed by atoms with E-state index in [4.69, 9.17) is 0 Å². The lowest BCUT2D eigenvalue weighted by Gasteiger charge is -2.30. The van der Waals surface area contributed by atoms with Crippen molar-refractivity contribution in [2.75, 3.05) is 4.90 Å². The molecule has 51 heavy (non-hydrogen) atoms. The summed E-state index contributed by atoms with van der Waals surface area (Å²) in [6, 6.07) is 61.1. The summed E-state index contributed by atoms with van der Waals surface area (Å²) < 4.78 is 0. The lowest BCUT2D eigenvalue weighted by Crippen LogP contribution is -2.13. The minimum absolute atomic E-state index is 1.06. The van der Waals surface area contributed by atoms with Crippen LogP contribution in [-0.2, 0) is 6.42 Å². The van der Waals surface area contributed by atoms with Crippen molar-refractivity contribution in [3.8, 4) is 66.8 Å². The Morgan fingerprint density at radius 3 is 1.80 bits per heavy atom. The Bertz CT molecular complexity index is 2720. The monoisotopic (exact) mass is 647 g/mol. The number of allylic oxidation sites excluding steroid dienone is 1. The zero-order chi connectivity index (χ0) is 33.5. The molecule has 0 radical (unpaired) electrons. The van der Waals surface area contributed by atoms with Crippen LogP contribution < -0.4 is 4.90 Å². The van der Waals surface area contributed by atoms with Crippen LogP contribution in [0.1, 0.15) is 17.5 Å². The molecule has 0 atom stereocenters. The highest BCUT2D eigenvalue weighted by atomic mass is 15.1. The second kappa shape index (κ2) is 11.0. The lowest BCUT2D eigenvalue weighted by molar-refractivity contribution is 0.984. The molecule has 1 nitrogen and oxygen atoms in total. The average Bonchev–Trinajstić information content (AvgIpc) is 3.30. The molecule has 1 heteroatoms. The Kier molecular flexibility index (Phi) is 6.15. The minimum atomic E-state index is 1.06. The summed E-state index contributed by atoms with van der Waals surface area (Å²) in [5.74, 6) is 0. The van der Waals surface area contributed by atoms with Gasteiger partial charge in [0.15, 0.2) is 0 Å². The summed E-state index contributed by atoms with van der Waals surface area (Å²) in [6.07, 6.45) is 6.79. The topological polar surface area (TPSA) is 3.24 Å². The first-order chi connectivity index (χ1) is 25.3. The molecular weight excluding hydrogens is 615 g/mol. The van der Waals surface area contributed by atoms with E-state index in [1.165, 1.54) is 94.3 Å².